The zero-order valence-corrected chi connectivity index (χ0v) is 27.6. The van der Waals surface area contributed by atoms with Crippen LogP contribution in [-0.4, -0.2) is 9.97 Å². The van der Waals surface area contributed by atoms with E-state index < -0.39 is 0 Å². The summed E-state index contributed by atoms with van der Waals surface area (Å²) < 4.78 is 0. The van der Waals surface area contributed by atoms with Gasteiger partial charge in [-0.05, 0) is 67.4 Å². The van der Waals surface area contributed by atoms with Crippen molar-refractivity contribution in [2.75, 3.05) is 0 Å². The Morgan fingerprint density at radius 3 is 1.65 bits per heavy atom. The molecule has 0 fully saturated rings. The first-order chi connectivity index (χ1) is 24.1. The van der Waals surface area contributed by atoms with E-state index >= 15 is 0 Å². The molecule has 0 aliphatic heterocycles. The maximum Gasteiger partial charge on any atom is 0.160 e. The Morgan fingerprint density at radius 2 is 0.939 bits per heavy atom. The van der Waals surface area contributed by atoms with E-state index in [2.05, 4.69) is 159 Å². The molecule has 49 heavy (non-hydrogen) atoms. The van der Waals surface area contributed by atoms with Crippen molar-refractivity contribution in [2.24, 2.45) is 0 Å². The molecule has 1 aliphatic carbocycles. The number of hydrogen-bond acceptors (Lipinski definition) is 2. The quantitative estimate of drug-likeness (QED) is 0.190. The van der Waals surface area contributed by atoms with Crippen LogP contribution in [-0.2, 0) is 5.41 Å². The van der Waals surface area contributed by atoms with Gasteiger partial charge in [0.2, 0.25) is 0 Å². The molecular formula is C47H34N2. The van der Waals surface area contributed by atoms with E-state index in [9.17, 15) is 0 Å². The Labute approximate surface area is 287 Å². The third-order valence-corrected chi connectivity index (χ3v) is 10.1. The van der Waals surface area contributed by atoms with Crippen molar-refractivity contribution in [3.05, 3.63) is 181 Å². The third kappa shape index (κ3) is 4.88. The molecule has 0 bridgehead atoms. The SMILES string of the molecule is CC1(C)c2cc(-c3ccc(-c4cc(-c5ccccc5)nc(-c5ccccc5)n4)c4ccccc34)ccc2-c2c(-c3ccccc3)cccc21. The van der Waals surface area contributed by atoms with Gasteiger partial charge in [-0.25, -0.2) is 9.97 Å². The average molecular weight is 627 g/mol. The molecule has 7 aromatic carbocycles. The summed E-state index contributed by atoms with van der Waals surface area (Å²) in [4.78, 5) is 10.2. The molecule has 2 heteroatoms. The highest BCUT2D eigenvalue weighted by Crippen LogP contribution is 2.53. The number of nitrogens with zero attached hydrogens (tertiary/aromatic N) is 2. The first-order valence-electron chi connectivity index (χ1n) is 16.9. The number of rotatable bonds is 5. The van der Waals surface area contributed by atoms with Crippen LogP contribution in [0.15, 0.2) is 170 Å². The van der Waals surface area contributed by atoms with Crippen molar-refractivity contribution in [3.63, 3.8) is 0 Å². The number of aromatic nitrogens is 2. The Kier molecular flexibility index (Phi) is 6.84. The van der Waals surface area contributed by atoms with Crippen molar-refractivity contribution in [2.45, 2.75) is 19.3 Å². The molecule has 9 rings (SSSR count). The van der Waals surface area contributed by atoms with Crippen LogP contribution in [0, 0.1) is 0 Å². The standard InChI is InChI=1S/C47H34N2/c1-47(2)41-24-14-23-36(31-15-6-3-7-16-31)45(41)40-26-25-34(29-42(40)47)35-27-28-39(38-22-13-12-21-37(35)38)44-30-43(32-17-8-4-9-18-32)48-46(49-44)33-19-10-5-11-20-33/h3-30H,1-2H3. The molecule has 1 heterocycles. The maximum absolute atomic E-state index is 5.16. The highest BCUT2D eigenvalue weighted by atomic mass is 14.9. The number of fused-ring (bicyclic) bond motifs is 4. The predicted octanol–water partition coefficient (Wildman–Crippen LogP) is 12.3. The lowest BCUT2D eigenvalue weighted by atomic mass is 9.81. The second kappa shape index (κ2) is 11.5. The van der Waals surface area contributed by atoms with Gasteiger partial charge < -0.3 is 0 Å². The third-order valence-electron chi connectivity index (χ3n) is 10.1. The second-order valence-electron chi connectivity index (χ2n) is 13.4. The number of benzene rings is 7. The number of hydrogen-bond donors (Lipinski definition) is 0. The van der Waals surface area contributed by atoms with Gasteiger partial charge >= 0.3 is 0 Å². The van der Waals surface area contributed by atoms with Crippen LogP contribution in [0.25, 0.3) is 78.1 Å². The fraction of sp³-hybridized carbons (Fsp3) is 0.0638. The van der Waals surface area contributed by atoms with Crippen molar-refractivity contribution < 1.29 is 0 Å². The predicted molar refractivity (Wildman–Crippen MR) is 204 cm³/mol. The Morgan fingerprint density at radius 1 is 0.367 bits per heavy atom. The van der Waals surface area contributed by atoms with Gasteiger partial charge in [0.05, 0.1) is 11.4 Å². The summed E-state index contributed by atoms with van der Waals surface area (Å²) >= 11 is 0. The van der Waals surface area contributed by atoms with Crippen LogP contribution in [0.3, 0.4) is 0 Å². The van der Waals surface area contributed by atoms with Gasteiger partial charge in [-0.3, -0.25) is 0 Å². The van der Waals surface area contributed by atoms with Gasteiger partial charge in [0.1, 0.15) is 0 Å². The van der Waals surface area contributed by atoms with Gasteiger partial charge in [-0.2, -0.15) is 0 Å². The van der Waals surface area contributed by atoms with E-state index in [-0.39, 0.29) is 5.41 Å². The summed E-state index contributed by atoms with van der Waals surface area (Å²) in [7, 11) is 0. The molecule has 1 aromatic heterocycles. The van der Waals surface area contributed by atoms with E-state index in [0.717, 1.165) is 33.9 Å². The molecule has 1 aliphatic rings. The highest BCUT2D eigenvalue weighted by Gasteiger charge is 2.37. The van der Waals surface area contributed by atoms with E-state index in [1.165, 1.54) is 55.3 Å². The summed E-state index contributed by atoms with van der Waals surface area (Å²) in [6, 6.07) is 60.6. The topological polar surface area (TPSA) is 25.8 Å². The van der Waals surface area contributed by atoms with E-state index in [1.54, 1.807) is 0 Å². The minimum Gasteiger partial charge on any atom is -0.228 e. The monoisotopic (exact) mass is 626 g/mol. The first kappa shape index (κ1) is 29.1. The van der Waals surface area contributed by atoms with Crippen molar-refractivity contribution in [1.29, 1.82) is 0 Å². The summed E-state index contributed by atoms with van der Waals surface area (Å²) in [5.41, 5.74) is 15.3. The Bertz CT molecular complexity index is 2440. The van der Waals surface area contributed by atoms with Crippen LogP contribution >= 0.6 is 0 Å². The minimum absolute atomic E-state index is 0.121. The molecule has 0 unspecified atom stereocenters. The molecule has 2 nitrogen and oxygen atoms in total. The largest absolute Gasteiger partial charge is 0.228 e. The molecular weight excluding hydrogens is 593 g/mol. The fourth-order valence-electron chi connectivity index (χ4n) is 7.65. The van der Waals surface area contributed by atoms with Gasteiger partial charge in [0, 0.05) is 22.1 Å². The van der Waals surface area contributed by atoms with Crippen molar-refractivity contribution in [1.82, 2.24) is 9.97 Å². The van der Waals surface area contributed by atoms with Crippen LogP contribution in [0.1, 0.15) is 25.0 Å². The summed E-state index contributed by atoms with van der Waals surface area (Å²) in [5.74, 6) is 0.723. The lowest BCUT2D eigenvalue weighted by molar-refractivity contribution is 0.661. The molecule has 0 N–H and O–H groups in total. The molecule has 0 spiro atoms. The van der Waals surface area contributed by atoms with Crippen LogP contribution in [0.2, 0.25) is 0 Å². The van der Waals surface area contributed by atoms with Gasteiger partial charge in [-0.1, -0.05) is 172 Å². The summed E-state index contributed by atoms with van der Waals surface area (Å²) in [5, 5.41) is 2.38. The lowest BCUT2D eigenvalue weighted by Crippen LogP contribution is -2.15. The normalized spacial score (nSPS) is 12.9. The van der Waals surface area contributed by atoms with Gasteiger partial charge in [-0.15, -0.1) is 0 Å². The van der Waals surface area contributed by atoms with E-state index in [4.69, 9.17) is 9.97 Å². The lowest BCUT2D eigenvalue weighted by Gasteiger charge is -2.22. The van der Waals surface area contributed by atoms with Crippen LogP contribution in [0.5, 0.6) is 0 Å². The van der Waals surface area contributed by atoms with E-state index in [1.807, 2.05) is 24.3 Å². The van der Waals surface area contributed by atoms with Gasteiger partial charge in [0.25, 0.3) is 0 Å². The molecule has 0 saturated carbocycles. The zero-order chi connectivity index (χ0) is 33.0. The Hall–Kier alpha value is -6.12. The zero-order valence-electron chi connectivity index (χ0n) is 27.6. The summed E-state index contributed by atoms with van der Waals surface area (Å²) in [6.45, 7) is 4.72. The minimum atomic E-state index is -0.121. The average Bonchev–Trinajstić information content (AvgIpc) is 3.40. The van der Waals surface area contributed by atoms with E-state index in [0.29, 0.717) is 0 Å². The maximum atomic E-state index is 5.16. The Balaban J connectivity index is 1.20. The van der Waals surface area contributed by atoms with Crippen LogP contribution in [0.4, 0.5) is 0 Å². The molecule has 8 aromatic rings. The molecule has 232 valence electrons. The fourth-order valence-corrected chi connectivity index (χ4v) is 7.65. The smallest absolute Gasteiger partial charge is 0.160 e. The molecule has 0 atom stereocenters. The molecule has 0 saturated heterocycles. The molecule has 0 radical (unpaired) electrons. The van der Waals surface area contributed by atoms with Crippen molar-refractivity contribution in [3.8, 4) is 67.3 Å². The summed E-state index contributed by atoms with van der Waals surface area (Å²) in [6.07, 6.45) is 0. The molecule has 0 amide bonds. The van der Waals surface area contributed by atoms with Crippen molar-refractivity contribution >= 4 is 10.8 Å². The van der Waals surface area contributed by atoms with Crippen LogP contribution < -0.4 is 0 Å². The first-order valence-corrected chi connectivity index (χ1v) is 16.9. The van der Waals surface area contributed by atoms with Gasteiger partial charge in [0.15, 0.2) is 5.82 Å². The second-order valence-corrected chi connectivity index (χ2v) is 13.4. The highest BCUT2D eigenvalue weighted by molar-refractivity contribution is 6.05.